The molecule has 2 heteroatoms. The molecule has 0 radical (unpaired) electrons. The van der Waals surface area contributed by atoms with Crippen molar-refractivity contribution in [2.24, 2.45) is 0 Å². The molecule has 0 N–H and O–H groups in total. The minimum Gasteiger partial charge on any atom is -0.0888 e. The van der Waals surface area contributed by atoms with Crippen molar-refractivity contribution in [3.63, 3.8) is 0 Å². The first-order valence-electron chi connectivity index (χ1n) is 12.8. The van der Waals surface area contributed by atoms with Gasteiger partial charge in [0.1, 0.15) is 0 Å². The zero-order valence-electron chi connectivity index (χ0n) is 20.7. The van der Waals surface area contributed by atoms with Gasteiger partial charge in [0, 0.05) is 25.1 Å². The summed E-state index contributed by atoms with van der Waals surface area (Å²) in [4.78, 5) is 5.08. The Morgan fingerprint density at radius 3 is 1.47 bits per heavy atom. The maximum atomic E-state index is 2.39. The minimum absolute atomic E-state index is 1.23. The Bertz CT molecular complexity index is 1750. The van der Waals surface area contributed by atoms with Crippen LogP contribution in [0.5, 0.6) is 0 Å². The maximum Gasteiger partial charge on any atom is 0.0207 e. The van der Waals surface area contributed by atoms with E-state index in [1.807, 2.05) is 23.5 Å². The zero-order chi connectivity index (χ0) is 25.3. The van der Waals surface area contributed by atoms with Gasteiger partial charge in [0.25, 0.3) is 0 Å². The van der Waals surface area contributed by atoms with E-state index in [9.17, 15) is 0 Å². The number of fused-ring (bicyclic) bond motifs is 6. The van der Waals surface area contributed by atoms with Gasteiger partial charge in [-0.25, -0.2) is 0 Å². The molecule has 6 aromatic carbocycles. The van der Waals surface area contributed by atoms with Gasteiger partial charge in [-0.2, -0.15) is 0 Å². The molecule has 0 aromatic heterocycles. The van der Waals surface area contributed by atoms with Gasteiger partial charge in [-0.3, -0.25) is 0 Å². The van der Waals surface area contributed by atoms with Crippen LogP contribution < -0.4 is 0 Å². The molecule has 0 amide bonds. The Kier molecular flexibility index (Phi) is 6.13. The first-order chi connectivity index (χ1) is 18.8. The van der Waals surface area contributed by atoms with Crippen molar-refractivity contribution in [3.8, 4) is 44.5 Å². The van der Waals surface area contributed by atoms with Crippen molar-refractivity contribution in [2.45, 2.75) is 19.6 Å². The first kappa shape index (κ1) is 23.2. The van der Waals surface area contributed by atoms with Crippen LogP contribution in [0.4, 0.5) is 0 Å². The summed E-state index contributed by atoms with van der Waals surface area (Å²) in [5.41, 5.74) is 10.1. The molecule has 38 heavy (non-hydrogen) atoms. The highest BCUT2D eigenvalue weighted by Crippen LogP contribution is 2.51. The van der Waals surface area contributed by atoms with Crippen molar-refractivity contribution >= 4 is 23.5 Å². The van der Waals surface area contributed by atoms with Crippen LogP contribution in [-0.4, -0.2) is 0 Å². The van der Waals surface area contributed by atoms with Gasteiger partial charge in [-0.1, -0.05) is 139 Å². The average molecular weight is 521 g/mol. The molecule has 1 aliphatic rings. The Morgan fingerprint density at radius 2 is 0.789 bits per heavy atom. The van der Waals surface area contributed by atoms with E-state index in [0.29, 0.717) is 0 Å². The SMILES string of the molecule is c1ccc(-c2ccc3c(c2)-c2c(cccc2-c2ccccc2)Sc2ccccc2-c2ccccc2S3)cc1. The molecule has 0 fully saturated rings. The summed E-state index contributed by atoms with van der Waals surface area (Å²) in [7, 11) is 0. The monoisotopic (exact) mass is 520 g/mol. The Labute approximate surface area is 232 Å². The highest BCUT2D eigenvalue weighted by molar-refractivity contribution is 8.00. The molecule has 0 aliphatic carbocycles. The molecule has 0 unspecified atom stereocenters. The second-order valence-electron chi connectivity index (χ2n) is 9.32. The van der Waals surface area contributed by atoms with E-state index in [-0.39, 0.29) is 0 Å². The summed E-state index contributed by atoms with van der Waals surface area (Å²) >= 11 is 3.73. The quantitative estimate of drug-likeness (QED) is 0.222. The number of hydrogen-bond acceptors (Lipinski definition) is 2. The topological polar surface area (TPSA) is 0 Å². The second kappa shape index (κ2) is 10.1. The Morgan fingerprint density at radius 1 is 0.289 bits per heavy atom. The lowest BCUT2D eigenvalue weighted by Crippen LogP contribution is -1.95. The maximum absolute atomic E-state index is 2.39. The second-order valence-corrected chi connectivity index (χ2v) is 11.5. The van der Waals surface area contributed by atoms with Crippen LogP contribution in [0.3, 0.4) is 0 Å². The molecule has 0 atom stereocenters. The molecule has 180 valence electrons. The molecule has 0 bridgehead atoms. The van der Waals surface area contributed by atoms with Crippen molar-refractivity contribution in [3.05, 3.63) is 146 Å². The summed E-state index contributed by atoms with van der Waals surface area (Å²) in [6.45, 7) is 0. The van der Waals surface area contributed by atoms with Crippen LogP contribution in [0.25, 0.3) is 44.5 Å². The third-order valence-electron chi connectivity index (χ3n) is 6.97. The van der Waals surface area contributed by atoms with E-state index in [1.165, 1.54) is 64.1 Å². The first-order valence-corrected chi connectivity index (χ1v) is 14.4. The summed E-state index contributed by atoms with van der Waals surface area (Å²) in [5, 5.41) is 0. The van der Waals surface area contributed by atoms with E-state index >= 15 is 0 Å². The molecule has 0 saturated heterocycles. The number of benzene rings is 6. The van der Waals surface area contributed by atoms with Crippen LogP contribution in [0.2, 0.25) is 0 Å². The van der Waals surface area contributed by atoms with Gasteiger partial charge in [-0.05, 0) is 69.3 Å². The summed E-state index contributed by atoms with van der Waals surface area (Å²) in [6.07, 6.45) is 0. The molecular formula is C36H24S2. The van der Waals surface area contributed by atoms with Gasteiger partial charge < -0.3 is 0 Å². The largest absolute Gasteiger partial charge is 0.0888 e. The van der Waals surface area contributed by atoms with E-state index in [0.717, 1.165) is 0 Å². The van der Waals surface area contributed by atoms with Crippen LogP contribution in [0, 0.1) is 0 Å². The Hall–Kier alpha value is -3.98. The van der Waals surface area contributed by atoms with Crippen molar-refractivity contribution in [1.82, 2.24) is 0 Å². The molecule has 1 aliphatic heterocycles. The smallest absolute Gasteiger partial charge is 0.0207 e. The summed E-state index contributed by atoms with van der Waals surface area (Å²) in [6, 6.07) is 52.8. The van der Waals surface area contributed by atoms with E-state index in [2.05, 4.69) is 146 Å². The summed E-state index contributed by atoms with van der Waals surface area (Å²) < 4.78 is 0. The summed E-state index contributed by atoms with van der Waals surface area (Å²) in [5.74, 6) is 0. The molecule has 0 nitrogen and oxygen atoms in total. The van der Waals surface area contributed by atoms with Crippen molar-refractivity contribution in [1.29, 1.82) is 0 Å². The third kappa shape index (κ3) is 4.26. The highest BCUT2D eigenvalue weighted by Gasteiger charge is 2.22. The van der Waals surface area contributed by atoms with E-state index < -0.39 is 0 Å². The lowest BCUT2D eigenvalue weighted by Gasteiger charge is -2.22. The molecule has 7 rings (SSSR count). The Balaban J connectivity index is 1.56. The van der Waals surface area contributed by atoms with Crippen molar-refractivity contribution in [2.75, 3.05) is 0 Å². The van der Waals surface area contributed by atoms with Gasteiger partial charge >= 0.3 is 0 Å². The lowest BCUT2D eigenvalue weighted by atomic mass is 9.92. The fourth-order valence-electron chi connectivity index (χ4n) is 5.17. The minimum atomic E-state index is 1.23. The lowest BCUT2D eigenvalue weighted by molar-refractivity contribution is 1.32. The van der Waals surface area contributed by atoms with Crippen LogP contribution in [0.15, 0.2) is 165 Å². The third-order valence-corrected chi connectivity index (χ3v) is 9.26. The number of rotatable bonds is 2. The van der Waals surface area contributed by atoms with Crippen LogP contribution >= 0.6 is 23.5 Å². The predicted molar refractivity (Wildman–Crippen MR) is 163 cm³/mol. The van der Waals surface area contributed by atoms with Gasteiger partial charge in [0.05, 0.1) is 0 Å². The van der Waals surface area contributed by atoms with E-state index in [4.69, 9.17) is 0 Å². The van der Waals surface area contributed by atoms with Gasteiger partial charge in [0.15, 0.2) is 0 Å². The molecule has 0 saturated carbocycles. The standard InChI is InChI=1S/C36H24S2/c1-3-12-25(13-4-1)27-22-23-34-31(24-27)36-28(26-14-5-2-6-15-26)18-11-21-35(36)38-33-20-10-8-17-30(33)29-16-7-9-19-32(29)37-34/h1-24H. The fourth-order valence-corrected chi connectivity index (χ4v) is 7.39. The van der Waals surface area contributed by atoms with Crippen molar-refractivity contribution < 1.29 is 0 Å². The highest BCUT2D eigenvalue weighted by atomic mass is 32.2. The molecule has 6 aromatic rings. The number of hydrogen-bond donors (Lipinski definition) is 0. The average Bonchev–Trinajstić information content (AvgIpc) is 2.99. The molecular weight excluding hydrogens is 497 g/mol. The normalized spacial score (nSPS) is 12.0. The van der Waals surface area contributed by atoms with Gasteiger partial charge in [-0.15, -0.1) is 0 Å². The van der Waals surface area contributed by atoms with Gasteiger partial charge in [0.2, 0.25) is 0 Å². The van der Waals surface area contributed by atoms with Crippen LogP contribution in [-0.2, 0) is 0 Å². The zero-order valence-corrected chi connectivity index (χ0v) is 22.3. The molecule has 1 heterocycles. The predicted octanol–water partition coefficient (Wildman–Crippen LogP) is 11.0. The molecule has 0 spiro atoms. The fraction of sp³-hybridized carbons (Fsp3) is 0. The van der Waals surface area contributed by atoms with E-state index in [1.54, 1.807) is 0 Å². The van der Waals surface area contributed by atoms with Crippen LogP contribution in [0.1, 0.15) is 0 Å².